The van der Waals surface area contributed by atoms with Crippen LogP contribution in [0.15, 0.2) is 70.2 Å². The predicted octanol–water partition coefficient (Wildman–Crippen LogP) is 4.97. The topological polar surface area (TPSA) is 86.0 Å². The van der Waals surface area contributed by atoms with Crippen molar-refractivity contribution >= 4 is 23.0 Å². The summed E-state index contributed by atoms with van der Waals surface area (Å²) in [6.07, 6.45) is 1.55. The number of carbonyl (C=O) groups is 1. The summed E-state index contributed by atoms with van der Waals surface area (Å²) < 4.78 is 16.6. The average Bonchev–Trinajstić information content (AvgIpc) is 3.25. The van der Waals surface area contributed by atoms with E-state index in [0.717, 1.165) is 16.7 Å². The quantitative estimate of drug-likeness (QED) is 0.331. The van der Waals surface area contributed by atoms with E-state index < -0.39 is 0 Å². The second-order valence-corrected chi connectivity index (χ2v) is 7.02. The standard InChI is InChI=1S/C25H23N3O4/c1-4-31-23-12-10-17(13-24(23)30-3)15-26-28-25(29)19-14-21(22-11-9-16(2)32-22)27-20-8-6-5-7-18(19)20/h5-15H,4H2,1-3H3,(H,28,29). The molecule has 0 aliphatic rings. The van der Waals surface area contributed by atoms with Gasteiger partial charge in [-0.15, -0.1) is 0 Å². The zero-order chi connectivity index (χ0) is 22.5. The summed E-state index contributed by atoms with van der Waals surface area (Å²) in [6, 6.07) is 18.3. The van der Waals surface area contributed by atoms with Crippen molar-refractivity contribution in [3.05, 3.63) is 77.6 Å². The number of carbonyl (C=O) groups excluding carboxylic acids is 1. The number of hydrogen-bond donors (Lipinski definition) is 1. The highest BCUT2D eigenvalue weighted by Crippen LogP contribution is 2.28. The molecule has 1 N–H and O–H groups in total. The van der Waals surface area contributed by atoms with Crippen LogP contribution in [-0.4, -0.2) is 30.8 Å². The van der Waals surface area contributed by atoms with E-state index in [2.05, 4.69) is 15.5 Å². The number of aromatic nitrogens is 1. The molecule has 2 heterocycles. The summed E-state index contributed by atoms with van der Waals surface area (Å²) in [5.41, 5.74) is 5.11. The van der Waals surface area contributed by atoms with Crippen molar-refractivity contribution in [1.29, 1.82) is 0 Å². The first-order valence-electron chi connectivity index (χ1n) is 10.2. The first-order valence-corrected chi connectivity index (χ1v) is 10.2. The van der Waals surface area contributed by atoms with Gasteiger partial charge in [-0.3, -0.25) is 4.79 Å². The lowest BCUT2D eigenvalue weighted by molar-refractivity contribution is 0.0956. The van der Waals surface area contributed by atoms with Crippen LogP contribution in [0, 0.1) is 6.92 Å². The first-order chi connectivity index (χ1) is 15.6. The minimum atomic E-state index is -0.345. The van der Waals surface area contributed by atoms with Gasteiger partial charge in [-0.2, -0.15) is 5.10 Å². The highest BCUT2D eigenvalue weighted by atomic mass is 16.5. The Morgan fingerprint density at radius 3 is 2.72 bits per heavy atom. The summed E-state index contributed by atoms with van der Waals surface area (Å²) in [5.74, 6) is 2.28. The summed E-state index contributed by atoms with van der Waals surface area (Å²) in [4.78, 5) is 17.6. The molecular weight excluding hydrogens is 406 g/mol. The molecule has 0 aliphatic carbocycles. The molecule has 0 aliphatic heterocycles. The lowest BCUT2D eigenvalue weighted by atomic mass is 10.1. The highest BCUT2D eigenvalue weighted by molar-refractivity contribution is 6.07. The van der Waals surface area contributed by atoms with Gasteiger partial charge in [0.2, 0.25) is 0 Å². The summed E-state index contributed by atoms with van der Waals surface area (Å²) in [5, 5.41) is 4.85. The molecular formula is C25H23N3O4. The van der Waals surface area contributed by atoms with E-state index in [1.165, 1.54) is 0 Å². The number of ether oxygens (including phenoxy) is 2. The molecule has 7 nitrogen and oxygen atoms in total. The molecule has 0 radical (unpaired) electrons. The van der Waals surface area contributed by atoms with Gasteiger partial charge in [0, 0.05) is 5.39 Å². The molecule has 0 bridgehead atoms. The Hall–Kier alpha value is -4.13. The molecule has 0 unspecified atom stereocenters. The van der Waals surface area contributed by atoms with E-state index in [1.54, 1.807) is 31.5 Å². The predicted molar refractivity (Wildman–Crippen MR) is 123 cm³/mol. The normalized spacial score (nSPS) is 11.1. The maximum absolute atomic E-state index is 13.0. The Labute approximate surface area is 185 Å². The van der Waals surface area contributed by atoms with E-state index in [-0.39, 0.29) is 5.91 Å². The summed E-state index contributed by atoms with van der Waals surface area (Å²) >= 11 is 0. The summed E-state index contributed by atoms with van der Waals surface area (Å²) in [7, 11) is 1.58. The van der Waals surface area contributed by atoms with Crippen molar-refractivity contribution in [2.45, 2.75) is 13.8 Å². The number of aryl methyl sites for hydroxylation is 1. The number of benzene rings is 2. The molecule has 4 aromatic rings. The second kappa shape index (κ2) is 9.34. The van der Waals surface area contributed by atoms with Crippen molar-refractivity contribution in [2.75, 3.05) is 13.7 Å². The van der Waals surface area contributed by atoms with Crippen LogP contribution in [0.3, 0.4) is 0 Å². The second-order valence-electron chi connectivity index (χ2n) is 7.02. The van der Waals surface area contributed by atoms with Crippen molar-refractivity contribution in [2.24, 2.45) is 5.10 Å². The third-order valence-electron chi connectivity index (χ3n) is 4.82. The first kappa shape index (κ1) is 21.1. The Balaban J connectivity index is 1.60. The van der Waals surface area contributed by atoms with Gasteiger partial charge in [0.25, 0.3) is 5.91 Å². The molecule has 0 saturated heterocycles. The third-order valence-corrected chi connectivity index (χ3v) is 4.82. The zero-order valence-corrected chi connectivity index (χ0v) is 18.1. The molecule has 0 fully saturated rings. The molecule has 32 heavy (non-hydrogen) atoms. The van der Waals surface area contributed by atoms with Crippen LogP contribution in [-0.2, 0) is 0 Å². The highest BCUT2D eigenvalue weighted by Gasteiger charge is 2.15. The van der Waals surface area contributed by atoms with E-state index in [9.17, 15) is 4.79 Å². The largest absolute Gasteiger partial charge is 0.493 e. The lowest BCUT2D eigenvalue weighted by Crippen LogP contribution is -2.18. The van der Waals surface area contributed by atoms with Gasteiger partial charge in [-0.05, 0) is 61.9 Å². The van der Waals surface area contributed by atoms with Crippen molar-refractivity contribution in [3.63, 3.8) is 0 Å². The zero-order valence-electron chi connectivity index (χ0n) is 18.1. The number of pyridine rings is 1. The van der Waals surface area contributed by atoms with Crippen LogP contribution >= 0.6 is 0 Å². The van der Waals surface area contributed by atoms with Crippen LogP contribution in [0.1, 0.15) is 28.6 Å². The van der Waals surface area contributed by atoms with Gasteiger partial charge in [-0.1, -0.05) is 18.2 Å². The number of methoxy groups -OCH3 is 1. The molecule has 2 aromatic heterocycles. The average molecular weight is 429 g/mol. The Kier molecular flexibility index (Phi) is 6.17. The van der Waals surface area contributed by atoms with E-state index in [4.69, 9.17) is 13.9 Å². The lowest BCUT2D eigenvalue weighted by Gasteiger charge is -2.09. The summed E-state index contributed by atoms with van der Waals surface area (Å²) in [6.45, 7) is 4.31. The van der Waals surface area contributed by atoms with Crippen LogP contribution in [0.2, 0.25) is 0 Å². The molecule has 0 spiro atoms. The number of nitrogens with one attached hydrogen (secondary N) is 1. The Morgan fingerprint density at radius 1 is 1.12 bits per heavy atom. The number of hydrazone groups is 1. The molecule has 4 rings (SSSR count). The van der Waals surface area contributed by atoms with E-state index in [0.29, 0.717) is 40.6 Å². The van der Waals surface area contributed by atoms with Crippen LogP contribution in [0.5, 0.6) is 11.5 Å². The van der Waals surface area contributed by atoms with Gasteiger partial charge in [0.1, 0.15) is 11.5 Å². The molecule has 0 atom stereocenters. The van der Waals surface area contributed by atoms with E-state index in [1.807, 2.05) is 56.3 Å². The smallest absolute Gasteiger partial charge is 0.272 e. The minimum Gasteiger partial charge on any atom is -0.493 e. The van der Waals surface area contributed by atoms with Crippen molar-refractivity contribution in [3.8, 4) is 23.0 Å². The number of para-hydroxylation sites is 1. The van der Waals surface area contributed by atoms with Crippen LogP contribution in [0.25, 0.3) is 22.4 Å². The fourth-order valence-electron chi connectivity index (χ4n) is 3.33. The minimum absolute atomic E-state index is 0.345. The molecule has 0 saturated carbocycles. The van der Waals surface area contributed by atoms with Crippen molar-refractivity contribution in [1.82, 2.24) is 10.4 Å². The number of furan rings is 1. The number of fused-ring (bicyclic) bond motifs is 1. The molecule has 2 aromatic carbocycles. The van der Waals surface area contributed by atoms with Crippen LogP contribution < -0.4 is 14.9 Å². The number of rotatable bonds is 7. The van der Waals surface area contributed by atoms with Gasteiger partial charge in [0.15, 0.2) is 17.3 Å². The van der Waals surface area contributed by atoms with Crippen LogP contribution in [0.4, 0.5) is 0 Å². The Bertz CT molecular complexity index is 1290. The monoisotopic (exact) mass is 429 g/mol. The Morgan fingerprint density at radius 2 is 1.97 bits per heavy atom. The van der Waals surface area contributed by atoms with Gasteiger partial charge < -0.3 is 13.9 Å². The van der Waals surface area contributed by atoms with Gasteiger partial charge in [-0.25, -0.2) is 10.4 Å². The molecule has 162 valence electrons. The number of nitrogens with zero attached hydrogens (tertiary/aromatic N) is 2. The number of amides is 1. The van der Waals surface area contributed by atoms with E-state index >= 15 is 0 Å². The number of hydrogen-bond acceptors (Lipinski definition) is 6. The molecule has 1 amide bonds. The third kappa shape index (κ3) is 4.46. The van der Waals surface area contributed by atoms with Crippen molar-refractivity contribution < 1.29 is 18.7 Å². The maximum atomic E-state index is 13.0. The van der Waals surface area contributed by atoms with Gasteiger partial charge >= 0.3 is 0 Å². The SMILES string of the molecule is CCOc1ccc(C=NNC(=O)c2cc(-c3ccc(C)o3)nc3ccccc23)cc1OC. The maximum Gasteiger partial charge on any atom is 0.272 e. The molecule has 7 heteroatoms. The fourth-order valence-corrected chi connectivity index (χ4v) is 3.33. The fraction of sp³-hybridized carbons (Fsp3) is 0.160. The van der Waals surface area contributed by atoms with Gasteiger partial charge in [0.05, 0.1) is 31.0 Å².